The molecule has 2 N–H and O–H groups in total. The molecule has 74 valence electrons. The van der Waals surface area contributed by atoms with Crippen molar-refractivity contribution in [3.63, 3.8) is 0 Å². The number of hydrogen-bond acceptors (Lipinski definition) is 2. The van der Waals surface area contributed by atoms with E-state index in [-0.39, 0.29) is 6.04 Å². The molecule has 2 atom stereocenters. The predicted molar refractivity (Wildman–Crippen MR) is 54.3 cm³/mol. The molecule has 2 unspecified atom stereocenters. The second kappa shape index (κ2) is 6.01. The summed E-state index contributed by atoms with van der Waals surface area (Å²) < 4.78 is 5.60. The van der Waals surface area contributed by atoms with E-state index in [2.05, 4.69) is 11.8 Å². The molecule has 2 heteroatoms. The fourth-order valence-electron chi connectivity index (χ4n) is 1.65. The van der Waals surface area contributed by atoms with Gasteiger partial charge in [0, 0.05) is 19.1 Å². The molecule has 1 aliphatic heterocycles. The summed E-state index contributed by atoms with van der Waals surface area (Å²) in [4.78, 5) is 0. The highest BCUT2D eigenvalue weighted by Crippen LogP contribution is 2.17. The summed E-state index contributed by atoms with van der Waals surface area (Å²) in [6.07, 6.45) is 5.83. The van der Waals surface area contributed by atoms with E-state index in [0.717, 1.165) is 19.4 Å². The summed E-state index contributed by atoms with van der Waals surface area (Å²) in [5.74, 6) is 5.87. The topological polar surface area (TPSA) is 35.2 Å². The number of rotatable bonds is 3. The molecule has 0 spiro atoms. The third kappa shape index (κ3) is 4.31. The molecule has 0 radical (unpaired) electrons. The molecular formula is C11H19NO. The van der Waals surface area contributed by atoms with Crippen molar-refractivity contribution in [3.8, 4) is 11.8 Å². The van der Waals surface area contributed by atoms with Crippen LogP contribution in [-0.2, 0) is 4.74 Å². The summed E-state index contributed by atoms with van der Waals surface area (Å²) in [7, 11) is 0. The summed E-state index contributed by atoms with van der Waals surface area (Å²) in [5.41, 5.74) is 5.91. The number of hydrogen-bond donors (Lipinski definition) is 1. The molecular weight excluding hydrogens is 162 g/mol. The maximum Gasteiger partial charge on any atom is 0.0590 e. The van der Waals surface area contributed by atoms with Gasteiger partial charge in [0.2, 0.25) is 0 Å². The van der Waals surface area contributed by atoms with Crippen molar-refractivity contribution >= 4 is 0 Å². The van der Waals surface area contributed by atoms with E-state index in [9.17, 15) is 0 Å². The number of ether oxygens (including phenoxy) is 1. The molecule has 1 fully saturated rings. The van der Waals surface area contributed by atoms with Crippen LogP contribution in [0.15, 0.2) is 0 Å². The van der Waals surface area contributed by atoms with Crippen molar-refractivity contribution < 1.29 is 4.74 Å². The summed E-state index contributed by atoms with van der Waals surface area (Å²) >= 11 is 0. The van der Waals surface area contributed by atoms with Crippen molar-refractivity contribution in [1.29, 1.82) is 0 Å². The molecule has 2 nitrogen and oxygen atoms in total. The third-order valence-corrected chi connectivity index (χ3v) is 2.38. The first-order valence-electron chi connectivity index (χ1n) is 5.09. The lowest BCUT2D eigenvalue weighted by Gasteiger charge is -2.24. The van der Waals surface area contributed by atoms with E-state index < -0.39 is 0 Å². The van der Waals surface area contributed by atoms with Gasteiger partial charge < -0.3 is 10.5 Å². The Balaban J connectivity index is 2.16. The third-order valence-electron chi connectivity index (χ3n) is 2.38. The molecule has 13 heavy (non-hydrogen) atoms. The van der Waals surface area contributed by atoms with Gasteiger partial charge in [0.05, 0.1) is 6.10 Å². The second-order valence-corrected chi connectivity index (χ2v) is 3.62. The van der Waals surface area contributed by atoms with E-state index in [1.54, 1.807) is 0 Å². The van der Waals surface area contributed by atoms with Crippen molar-refractivity contribution in [2.45, 2.75) is 51.2 Å². The smallest absolute Gasteiger partial charge is 0.0590 e. The first-order valence-corrected chi connectivity index (χ1v) is 5.09. The number of nitrogens with two attached hydrogens (primary N) is 1. The Morgan fingerprint density at radius 3 is 3.00 bits per heavy atom. The highest BCUT2D eigenvalue weighted by atomic mass is 16.5. The Morgan fingerprint density at radius 2 is 2.38 bits per heavy atom. The summed E-state index contributed by atoms with van der Waals surface area (Å²) in [5, 5.41) is 0. The quantitative estimate of drug-likeness (QED) is 0.672. The van der Waals surface area contributed by atoms with Crippen molar-refractivity contribution in [1.82, 2.24) is 0 Å². The minimum absolute atomic E-state index is 0.190. The predicted octanol–water partition coefficient (Wildman–Crippen LogP) is 1.69. The van der Waals surface area contributed by atoms with Gasteiger partial charge in [0.25, 0.3) is 0 Å². The highest BCUT2D eigenvalue weighted by Gasteiger charge is 2.16. The first kappa shape index (κ1) is 10.6. The molecule has 0 amide bonds. The first-order chi connectivity index (χ1) is 6.33. The fraction of sp³-hybridized carbons (Fsp3) is 0.818. The van der Waals surface area contributed by atoms with Gasteiger partial charge >= 0.3 is 0 Å². The van der Waals surface area contributed by atoms with Gasteiger partial charge in [-0.1, -0.05) is 0 Å². The van der Waals surface area contributed by atoms with Gasteiger partial charge in [-0.15, -0.1) is 11.8 Å². The Kier molecular flexibility index (Phi) is 4.88. The normalized spacial score (nSPS) is 24.6. The monoisotopic (exact) mass is 181 g/mol. The van der Waals surface area contributed by atoms with Crippen molar-refractivity contribution in [3.05, 3.63) is 0 Å². The lowest BCUT2D eigenvalue weighted by molar-refractivity contribution is 0.00770. The lowest BCUT2D eigenvalue weighted by Crippen LogP contribution is -2.29. The fourth-order valence-corrected chi connectivity index (χ4v) is 1.65. The molecule has 1 aliphatic rings. The van der Waals surface area contributed by atoms with Gasteiger partial charge in [0.15, 0.2) is 0 Å². The van der Waals surface area contributed by atoms with E-state index in [0.29, 0.717) is 6.10 Å². The molecule has 0 saturated carbocycles. The molecule has 0 aromatic rings. The van der Waals surface area contributed by atoms with Crippen LogP contribution >= 0.6 is 0 Å². The minimum atomic E-state index is 0.190. The Labute approximate surface area is 80.8 Å². The molecule has 1 rings (SSSR count). The van der Waals surface area contributed by atoms with Crippen LogP contribution in [0.25, 0.3) is 0 Å². The van der Waals surface area contributed by atoms with Crippen LogP contribution in [0.4, 0.5) is 0 Å². The molecule has 0 bridgehead atoms. The molecule has 0 aromatic carbocycles. The van der Waals surface area contributed by atoms with E-state index in [1.165, 1.54) is 19.3 Å². The zero-order valence-electron chi connectivity index (χ0n) is 8.38. The van der Waals surface area contributed by atoms with Gasteiger partial charge in [-0.25, -0.2) is 0 Å². The van der Waals surface area contributed by atoms with E-state index >= 15 is 0 Å². The van der Waals surface area contributed by atoms with Crippen LogP contribution < -0.4 is 5.73 Å². The van der Waals surface area contributed by atoms with Gasteiger partial charge in [-0.3, -0.25) is 0 Å². The standard InChI is InChI=1S/C11H19NO/c1-2-3-6-10(12)9-11-7-4-5-8-13-11/h10-11H,4-9,12H2,1H3. The molecule has 0 aliphatic carbocycles. The zero-order valence-corrected chi connectivity index (χ0v) is 8.38. The van der Waals surface area contributed by atoms with Crippen molar-refractivity contribution in [2.75, 3.05) is 6.61 Å². The Morgan fingerprint density at radius 1 is 1.54 bits per heavy atom. The van der Waals surface area contributed by atoms with Crippen LogP contribution in [0.5, 0.6) is 0 Å². The summed E-state index contributed by atoms with van der Waals surface area (Å²) in [6.45, 7) is 2.76. The maximum absolute atomic E-state index is 5.91. The summed E-state index contributed by atoms with van der Waals surface area (Å²) in [6, 6.07) is 0.190. The minimum Gasteiger partial charge on any atom is -0.378 e. The SMILES string of the molecule is CC#CCC(N)CC1CCCCO1. The average Bonchev–Trinajstić information content (AvgIpc) is 2.16. The van der Waals surface area contributed by atoms with Crippen LogP contribution in [0, 0.1) is 11.8 Å². The van der Waals surface area contributed by atoms with E-state index in [4.69, 9.17) is 10.5 Å². The highest BCUT2D eigenvalue weighted by molar-refractivity contribution is 4.97. The van der Waals surface area contributed by atoms with Crippen LogP contribution in [0.3, 0.4) is 0 Å². The van der Waals surface area contributed by atoms with Crippen molar-refractivity contribution in [2.24, 2.45) is 5.73 Å². The molecule has 0 aromatic heterocycles. The van der Waals surface area contributed by atoms with E-state index in [1.807, 2.05) is 6.92 Å². The maximum atomic E-state index is 5.91. The Hall–Kier alpha value is -0.520. The molecule has 1 heterocycles. The van der Waals surface area contributed by atoms with Crippen LogP contribution in [0.2, 0.25) is 0 Å². The average molecular weight is 181 g/mol. The largest absolute Gasteiger partial charge is 0.378 e. The van der Waals surface area contributed by atoms with Crippen LogP contribution in [0.1, 0.15) is 39.0 Å². The van der Waals surface area contributed by atoms with Gasteiger partial charge in [-0.2, -0.15) is 0 Å². The second-order valence-electron chi connectivity index (χ2n) is 3.62. The zero-order chi connectivity index (χ0) is 9.52. The molecule has 1 saturated heterocycles. The van der Waals surface area contributed by atoms with Crippen LogP contribution in [-0.4, -0.2) is 18.8 Å². The van der Waals surface area contributed by atoms with Gasteiger partial charge in [0.1, 0.15) is 0 Å². The Bertz CT molecular complexity index is 186. The lowest BCUT2D eigenvalue weighted by atomic mass is 10.0. The van der Waals surface area contributed by atoms with Gasteiger partial charge in [-0.05, 0) is 32.6 Å².